The Labute approximate surface area is 97.2 Å². The second-order valence-corrected chi connectivity index (χ2v) is 3.84. The van der Waals surface area contributed by atoms with E-state index in [-0.39, 0.29) is 5.91 Å². The third-order valence-electron chi connectivity index (χ3n) is 2.84. The van der Waals surface area contributed by atoms with Gasteiger partial charge in [0.2, 0.25) is 5.91 Å². The van der Waals surface area contributed by atoms with Gasteiger partial charge in [0, 0.05) is 5.57 Å². The van der Waals surface area contributed by atoms with Crippen LogP contribution in [-0.4, -0.2) is 5.91 Å². The second kappa shape index (κ2) is 5.50. The lowest BCUT2D eigenvalue weighted by Crippen LogP contribution is -2.15. The number of primary amides is 1. The minimum absolute atomic E-state index is 0.303. The zero-order valence-corrected chi connectivity index (χ0v) is 10.2. The molecule has 2 heteroatoms. The van der Waals surface area contributed by atoms with Crippen molar-refractivity contribution in [3.05, 3.63) is 41.0 Å². The molecule has 86 valence electrons. The maximum atomic E-state index is 11.4. The van der Waals surface area contributed by atoms with Crippen molar-refractivity contribution in [1.29, 1.82) is 0 Å². The number of hydrogen-bond donors (Lipinski definition) is 1. The van der Waals surface area contributed by atoms with Crippen LogP contribution in [0.5, 0.6) is 0 Å². The summed E-state index contributed by atoms with van der Waals surface area (Å²) >= 11 is 0. The molecule has 0 aliphatic carbocycles. The van der Waals surface area contributed by atoms with Crippen LogP contribution >= 0.6 is 0 Å². The van der Waals surface area contributed by atoms with Crippen molar-refractivity contribution in [3.8, 4) is 0 Å². The third kappa shape index (κ3) is 2.51. The Balaban J connectivity index is 3.36. The molecule has 0 heterocycles. The lowest BCUT2D eigenvalue weighted by Gasteiger charge is -2.13. The molecule has 0 aromatic heterocycles. The molecular weight excluding hydrogens is 198 g/mol. The van der Waals surface area contributed by atoms with Gasteiger partial charge in [-0.05, 0) is 36.5 Å². The first-order valence-corrected chi connectivity index (χ1v) is 5.69. The lowest BCUT2D eigenvalue weighted by molar-refractivity contribution is -0.114. The summed E-state index contributed by atoms with van der Waals surface area (Å²) in [6, 6.07) is 8.10. The van der Waals surface area contributed by atoms with Gasteiger partial charge in [0.1, 0.15) is 0 Å². The first kappa shape index (κ1) is 12.5. The van der Waals surface area contributed by atoms with E-state index in [1.54, 1.807) is 0 Å². The Hall–Kier alpha value is -1.57. The van der Waals surface area contributed by atoms with Crippen molar-refractivity contribution in [2.75, 3.05) is 0 Å². The molecule has 16 heavy (non-hydrogen) atoms. The fourth-order valence-electron chi connectivity index (χ4n) is 2.01. The molecule has 0 saturated heterocycles. The SMILES string of the molecule is CCC(C(N)=O)=C(CC)c1ccccc1C. The largest absolute Gasteiger partial charge is 0.366 e. The molecule has 0 aliphatic rings. The van der Waals surface area contributed by atoms with E-state index in [1.165, 1.54) is 5.56 Å². The van der Waals surface area contributed by atoms with Crippen LogP contribution in [0.3, 0.4) is 0 Å². The first-order valence-electron chi connectivity index (χ1n) is 5.69. The van der Waals surface area contributed by atoms with Gasteiger partial charge in [-0.2, -0.15) is 0 Å². The molecule has 0 spiro atoms. The summed E-state index contributed by atoms with van der Waals surface area (Å²) in [5, 5.41) is 0. The molecule has 0 unspecified atom stereocenters. The van der Waals surface area contributed by atoms with Crippen LogP contribution in [0.1, 0.15) is 37.8 Å². The average Bonchev–Trinajstić information content (AvgIpc) is 2.26. The number of carbonyl (C=O) groups is 1. The van der Waals surface area contributed by atoms with Crippen molar-refractivity contribution in [3.63, 3.8) is 0 Å². The van der Waals surface area contributed by atoms with Gasteiger partial charge in [-0.15, -0.1) is 0 Å². The van der Waals surface area contributed by atoms with Gasteiger partial charge < -0.3 is 5.73 Å². The number of nitrogens with two attached hydrogens (primary N) is 1. The van der Waals surface area contributed by atoms with E-state index in [9.17, 15) is 4.79 Å². The summed E-state index contributed by atoms with van der Waals surface area (Å²) in [5.74, 6) is -0.303. The van der Waals surface area contributed by atoms with E-state index >= 15 is 0 Å². The predicted molar refractivity (Wildman–Crippen MR) is 67.9 cm³/mol. The molecule has 2 nitrogen and oxygen atoms in total. The molecular formula is C14H19NO. The highest BCUT2D eigenvalue weighted by Gasteiger charge is 2.12. The smallest absolute Gasteiger partial charge is 0.244 e. The Kier molecular flexibility index (Phi) is 4.29. The monoisotopic (exact) mass is 217 g/mol. The summed E-state index contributed by atoms with van der Waals surface area (Å²) in [4.78, 5) is 11.4. The fourth-order valence-corrected chi connectivity index (χ4v) is 2.01. The number of carbonyl (C=O) groups excluding carboxylic acids is 1. The number of amides is 1. The maximum Gasteiger partial charge on any atom is 0.244 e. The second-order valence-electron chi connectivity index (χ2n) is 3.84. The number of rotatable bonds is 4. The topological polar surface area (TPSA) is 43.1 Å². The van der Waals surface area contributed by atoms with E-state index < -0.39 is 0 Å². The molecule has 2 N–H and O–H groups in total. The minimum Gasteiger partial charge on any atom is -0.366 e. The fraction of sp³-hybridized carbons (Fsp3) is 0.357. The van der Waals surface area contributed by atoms with E-state index in [0.29, 0.717) is 6.42 Å². The van der Waals surface area contributed by atoms with Gasteiger partial charge in [0.25, 0.3) is 0 Å². The third-order valence-corrected chi connectivity index (χ3v) is 2.84. The van der Waals surface area contributed by atoms with Gasteiger partial charge in [0.15, 0.2) is 0 Å². The quantitative estimate of drug-likeness (QED) is 0.774. The zero-order valence-electron chi connectivity index (χ0n) is 10.2. The van der Waals surface area contributed by atoms with Crippen molar-refractivity contribution in [1.82, 2.24) is 0 Å². The molecule has 0 bridgehead atoms. The van der Waals surface area contributed by atoms with Gasteiger partial charge in [-0.25, -0.2) is 0 Å². The van der Waals surface area contributed by atoms with Gasteiger partial charge in [-0.3, -0.25) is 4.79 Å². The van der Waals surface area contributed by atoms with Crippen LogP contribution in [0, 0.1) is 6.92 Å². The highest BCUT2D eigenvalue weighted by Crippen LogP contribution is 2.26. The molecule has 0 aliphatic heterocycles. The Morgan fingerprint density at radius 1 is 1.19 bits per heavy atom. The molecule has 1 aromatic rings. The Morgan fingerprint density at radius 3 is 2.25 bits per heavy atom. The van der Waals surface area contributed by atoms with Gasteiger partial charge >= 0.3 is 0 Å². The van der Waals surface area contributed by atoms with Crippen LogP contribution in [0.4, 0.5) is 0 Å². The van der Waals surface area contributed by atoms with E-state index in [2.05, 4.69) is 19.9 Å². The van der Waals surface area contributed by atoms with E-state index in [4.69, 9.17) is 5.73 Å². The van der Waals surface area contributed by atoms with Gasteiger partial charge in [0.05, 0.1) is 0 Å². The highest BCUT2D eigenvalue weighted by atomic mass is 16.1. The summed E-state index contributed by atoms with van der Waals surface area (Å²) in [5.41, 5.74) is 9.56. The Bertz CT molecular complexity index is 418. The van der Waals surface area contributed by atoms with E-state index in [1.807, 2.05) is 25.1 Å². The van der Waals surface area contributed by atoms with Crippen molar-refractivity contribution in [2.45, 2.75) is 33.6 Å². The van der Waals surface area contributed by atoms with Crippen LogP contribution < -0.4 is 5.73 Å². The van der Waals surface area contributed by atoms with Crippen molar-refractivity contribution < 1.29 is 4.79 Å². The maximum absolute atomic E-state index is 11.4. The summed E-state index contributed by atoms with van der Waals surface area (Å²) in [6.07, 6.45) is 1.52. The normalized spacial score (nSPS) is 12.2. The highest BCUT2D eigenvalue weighted by molar-refractivity contribution is 6.00. The minimum atomic E-state index is -0.303. The Morgan fingerprint density at radius 2 is 1.81 bits per heavy atom. The van der Waals surface area contributed by atoms with Crippen molar-refractivity contribution >= 4 is 11.5 Å². The molecule has 1 rings (SSSR count). The average molecular weight is 217 g/mol. The number of hydrogen-bond acceptors (Lipinski definition) is 1. The predicted octanol–water partition coefficient (Wildman–Crippen LogP) is 3.05. The van der Waals surface area contributed by atoms with Crippen molar-refractivity contribution in [2.24, 2.45) is 5.73 Å². The first-order chi connectivity index (χ1) is 7.61. The molecule has 1 aromatic carbocycles. The standard InChI is InChI=1S/C14H19NO/c1-4-11(12(5-2)14(15)16)13-9-7-6-8-10(13)3/h6-9H,4-5H2,1-3H3,(H2,15,16). The molecule has 0 radical (unpaired) electrons. The number of aryl methyl sites for hydroxylation is 1. The summed E-state index contributed by atoms with van der Waals surface area (Å²) in [7, 11) is 0. The summed E-state index contributed by atoms with van der Waals surface area (Å²) < 4.78 is 0. The van der Waals surface area contributed by atoms with Crippen LogP contribution in [0.15, 0.2) is 29.8 Å². The summed E-state index contributed by atoms with van der Waals surface area (Å²) in [6.45, 7) is 6.08. The lowest BCUT2D eigenvalue weighted by atomic mass is 9.92. The molecule has 0 fully saturated rings. The number of benzene rings is 1. The molecule has 0 saturated carbocycles. The van der Waals surface area contributed by atoms with Crippen LogP contribution in [0.25, 0.3) is 5.57 Å². The van der Waals surface area contributed by atoms with E-state index in [0.717, 1.165) is 23.1 Å². The van der Waals surface area contributed by atoms with Gasteiger partial charge in [-0.1, -0.05) is 38.1 Å². The van der Waals surface area contributed by atoms with Crippen LogP contribution in [0.2, 0.25) is 0 Å². The number of allylic oxidation sites excluding steroid dienone is 1. The van der Waals surface area contributed by atoms with Crippen LogP contribution in [-0.2, 0) is 4.79 Å². The zero-order chi connectivity index (χ0) is 12.1. The molecule has 0 atom stereocenters. The molecule has 1 amide bonds.